The van der Waals surface area contributed by atoms with Crippen molar-refractivity contribution in [3.05, 3.63) is 11.6 Å². The third-order valence-electron chi connectivity index (χ3n) is 4.01. The van der Waals surface area contributed by atoms with Gasteiger partial charge in [-0.1, -0.05) is 12.8 Å². The fraction of sp³-hybridized carbons (Fsp3) is 0.833. The number of fused-ring (bicyclic) bond motifs is 1. The van der Waals surface area contributed by atoms with Crippen molar-refractivity contribution < 1.29 is 0 Å². The summed E-state index contributed by atoms with van der Waals surface area (Å²) >= 11 is 3.85. The zero-order valence-electron chi connectivity index (χ0n) is 9.60. The van der Waals surface area contributed by atoms with Crippen LogP contribution in [0.4, 0.5) is 0 Å². The highest BCUT2D eigenvalue weighted by molar-refractivity contribution is 8.16. The number of hydrogen-bond acceptors (Lipinski definition) is 4. The van der Waals surface area contributed by atoms with Crippen LogP contribution >= 0.6 is 23.7 Å². The van der Waals surface area contributed by atoms with Gasteiger partial charge >= 0.3 is 0 Å². The molecule has 0 radical (unpaired) electrons. The van der Waals surface area contributed by atoms with E-state index in [2.05, 4.69) is 21.2 Å². The van der Waals surface area contributed by atoms with Gasteiger partial charge in [0.05, 0.1) is 11.3 Å². The molecule has 16 heavy (non-hydrogen) atoms. The average Bonchev–Trinajstić information content (AvgIpc) is 2.39. The largest absolute Gasteiger partial charge is 0.305 e. The highest BCUT2D eigenvalue weighted by atomic mass is 32.2. The Balaban J connectivity index is 1.61. The Labute approximate surface area is 107 Å². The van der Waals surface area contributed by atoms with Gasteiger partial charge in [0.25, 0.3) is 0 Å². The Morgan fingerprint density at radius 2 is 2.06 bits per heavy atom. The van der Waals surface area contributed by atoms with E-state index in [0.717, 1.165) is 12.0 Å². The molecule has 4 heteroatoms. The number of nitrogens with zero attached hydrogens (tertiary/aromatic N) is 1. The first kappa shape index (κ1) is 11.3. The van der Waals surface area contributed by atoms with Crippen LogP contribution in [0.25, 0.3) is 0 Å². The fourth-order valence-corrected chi connectivity index (χ4v) is 4.98. The van der Waals surface area contributed by atoms with Crippen LogP contribution in [0.3, 0.4) is 0 Å². The summed E-state index contributed by atoms with van der Waals surface area (Å²) in [6.07, 6.45) is 11.3. The fourth-order valence-electron chi connectivity index (χ4n) is 3.15. The van der Waals surface area contributed by atoms with Crippen LogP contribution < -0.4 is 5.32 Å². The highest BCUT2D eigenvalue weighted by Gasteiger charge is 2.33. The van der Waals surface area contributed by atoms with Crippen LogP contribution in [0, 0.1) is 5.92 Å². The van der Waals surface area contributed by atoms with Crippen LogP contribution in [0.5, 0.6) is 0 Å². The van der Waals surface area contributed by atoms with Gasteiger partial charge in [0.2, 0.25) is 0 Å². The summed E-state index contributed by atoms with van der Waals surface area (Å²) in [5, 5.41) is 7.27. The molecule has 0 amide bonds. The zero-order chi connectivity index (χ0) is 10.8. The third kappa shape index (κ3) is 2.39. The summed E-state index contributed by atoms with van der Waals surface area (Å²) in [5.74, 6) is 0.971. The van der Waals surface area contributed by atoms with Crippen LogP contribution in [-0.4, -0.2) is 21.6 Å². The predicted octanol–water partition coefficient (Wildman–Crippen LogP) is 3.38. The first-order valence-corrected chi connectivity index (χ1v) is 8.38. The van der Waals surface area contributed by atoms with Gasteiger partial charge in [0, 0.05) is 12.2 Å². The molecule has 1 aliphatic carbocycles. The van der Waals surface area contributed by atoms with E-state index in [1.54, 1.807) is 0 Å². The standard InChI is InChI=1S/C12H20N2S2/c1-2-4-11-10(3-1)5-6-12(13-11)14-7-8-15-9-16-14/h7-8,10-13H,1-6,9H2. The van der Waals surface area contributed by atoms with Gasteiger partial charge in [-0.25, -0.2) is 0 Å². The minimum Gasteiger partial charge on any atom is -0.305 e. The van der Waals surface area contributed by atoms with E-state index < -0.39 is 0 Å². The molecule has 0 aromatic carbocycles. The lowest BCUT2D eigenvalue weighted by Crippen LogP contribution is -2.53. The number of rotatable bonds is 1. The molecule has 1 saturated carbocycles. The second kappa shape index (κ2) is 5.23. The van der Waals surface area contributed by atoms with Crippen molar-refractivity contribution >= 4 is 23.7 Å². The quantitative estimate of drug-likeness (QED) is 0.723. The minimum absolute atomic E-state index is 0.585. The molecular weight excluding hydrogens is 236 g/mol. The van der Waals surface area contributed by atoms with E-state index in [4.69, 9.17) is 0 Å². The Morgan fingerprint density at radius 3 is 2.94 bits per heavy atom. The van der Waals surface area contributed by atoms with Crippen molar-refractivity contribution in [1.29, 1.82) is 0 Å². The number of hydrogen-bond donors (Lipinski definition) is 1. The highest BCUT2D eigenvalue weighted by Crippen LogP contribution is 2.35. The van der Waals surface area contributed by atoms with E-state index in [-0.39, 0.29) is 0 Å². The van der Waals surface area contributed by atoms with Crippen LogP contribution in [-0.2, 0) is 0 Å². The van der Waals surface area contributed by atoms with Crippen molar-refractivity contribution in [1.82, 2.24) is 9.62 Å². The molecule has 2 heterocycles. The Morgan fingerprint density at radius 1 is 1.12 bits per heavy atom. The van der Waals surface area contributed by atoms with Crippen molar-refractivity contribution in [3.8, 4) is 0 Å². The predicted molar refractivity (Wildman–Crippen MR) is 72.9 cm³/mol. The summed E-state index contributed by atoms with van der Waals surface area (Å²) in [4.78, 5) is 0. The summed E-state index contributed by atoms with van der Waals surface area (Å²) < 4.78 is 2.43. The maximum Gasteiger partial charge on any atom is 0.0900 e. The molecule has 2 fully saturated rings. The molecule has 3 aliphatic rings. The van der Waals surface area contributed by atoms with Gasteiger partial charge in [-0.3, -0.25) is 5.32 Å². The van der Waals surface area contributed by atoms with E-state index in [0.29, 0.717) is 6.17 Å². The number of nitrogens with one attached hydrogen (secondary N) is 1. The Bertz CT molecular complexity index is 270. The normalized spacial score (nSPS) is 39.5. The van der Waals surface area contributed by atoms with Crippen LogP contribution in [0.15, 0.2) is 11.6 Å². The molecule has 1 N–H and O–H groups in total. The zero-order valence-corrected chi connectivity index (χ0v) is 11.2. The van der Waals surface area contributed by atoms with Crippen molar-refractivity contribution in [3.63, 3.8) is 0 Å². The molecule has 3 unspecified atom stereocenters. The number of piperidine rings is 1. The lowest BCUT2D eigenvalue weighted by molar-refractivity contribution is 0.142. The second-order valence-corrected chi connectivity index (χ2v) is 7.20. The average molecular weight is 256 g/mol. The summed E-state index contributed by atoms with van der Waals surface area (Å²) in [6, 6.07) is 0.802. The molecule has 3 rings (SSSR count). The van der Waals surface area contributed by atoms with E-state index in [9.17, 15) is 0 Å². The molecule has 3 atom stereocenters. The first-order chi connectivity index (χ1) is 7.93. The SMILES string of the molecule is C1=CN(C2CCC3CCCCC3N2)SCS1. The van der Waals surface area contributed by atoms with E-state index in [1.165, 1.54) is 43.6 Å². The van der Waals surface area contributed by atoms with Crippen molar-refractivity contribution in [2.75, 3.05) is 5.08 Å². The van der Waals surface area contributed by atoms with Crippen LogP contribution in [0.2, 0.25) is 0 Å². The second-order valence-electron chi connectivity index (χ2n) is 4.97. The number of thioether (sulfide) groups is 1. The van der Waals surface area contributed by atoms with Crippen molar-refractivity contribution in [2.45, 2.75) is 50.7 Å². The molecule has 0 aromatic heterocycles. The maximum absolute atomic E-state index is 3.87. The van der Waals surface area contributed by atoms with E-state index in [1.807, 2.05) is 23.7 Å². The Hall–Kier alpha value is 0.200. The monoisotopic (exact) mass is 256 g/mol. The molecule has 0 bridgehead atoms. The smallest absolute Gasteiger partial charge is 0.0900 e. The molecule has 2 aliphatic heterocycles. The minimum atomic E-state index is 0.585. The van der Waals surface area contributed by atoms with Crippen LogP contribution in [0.1, 0.15) is 38.5 Å². The Kier molecular flexibility index (Phi) is 3.70. The molecular formula is C12H20N2S2. The van der Waals surface area contributed by atoms with Gasteiger partial charge in [-0.15, -0.1) is 11.8 Å². The molecule has 0 spiro atoms. The molecule has 90 valence electrons. The third-order valence-corrected chi connectivity index (χ3v) is 5.96. The summed E-state index contributed by atoms with van der Waals surface area (Å²) in [7, 11) is 0. The molecule has 2 nitrogen and oxygen atoms in total. The first-order valence-electron chi connectivity index (χ1n) is 6.39. The molecule has 1 saturated heterocycles. The topological polar surface area (TPSA) is 15.3 Å². The lowest BCUT2D eigenvalue weighted by Gasteiger charge is -2.44. The van der Waals surface area contributed by atoms with Gasteiger partial charge in [0.15, 0.2) is 0 Å². The van der Waals surface area contributed by atoms with Gasteiger partial charge < -0.3 is 4.31 Å². The van der Waals surface area contributed by atoms with E-state index >= 15 is 0 Å². The maximum atomic E-state index is 3.87. The summed E-state index contributed by atoms with van der Waals surface area (Å²) in [6.45, 7) is 0. The lowest BCUT2D eigenvalue weighted by atomic mass is 9.79. The van der Waals surface area contributed by atoms with Gasteiger partial charge in [-0.05, 0) is 49.0 Å². The van der Waals surface area contributed by atoms with Gasteiger partial charge in [-0.2, -0.15) is 0 Å². The van der Waals surface area contributed by atoms with Crippen molar-refractivity contribution in [2.24, 2.45) is 5.92 Å². The van der Waals surface area contributed by atoms with Gasteiger partial charge in [0.1, 0.15) is 0 Å². The summed E-state index contributed by atoms with van der Waals surface area (Å²) in [5.41, 5.74) is 0. The molecule has 0 aromatic rings.